The van der Waals surface area contributed by atoms with Crippen LogP contribution in [0.3, 0.4) is 0 Å². The molecular weight excluding hydrogens is 354 g/mol. The maximum Gasteiger partial charge on any atom is 0.229 e. The Labute approximate surface area is 163 Å². The monoisotopic (exact) mass is 375 g/mol. The molecule has 0 N–H and O–H groups in total. The lowest BCUT2D eigenvalue weighted by Crippen LogP contribution is -2.66. The van der Waals surface area contributed by atoms with E-state index in [0.717, 1.165) is 16.8 Å². The fourth-order valence-electron chi connectivity index (χ4n) is 6.58. The Hall–Kier alpha value is -2.65. The predicted octanol–water partition coefficient (Wildman–Crippen LogP) is 1.76. The molecule has 5 atom stereocenters. The van der Waals surface area contributed by atoms with E-state index in [-0.39, 0.29) is 35.7 Å². The number of anilines is 1. The first-order valence-corrected chi connectivity index (χ1v) is 10.1. The molecule has 0 radical (unpaired) electrons. The Morgan fingerprint density at radius 3 is 2.93 bits per heavy atom. The van der Waals surface area contributed by atoms with Gasteiger partial charge in [-0.2, -0.15) is 5.26 Å². The van der Waals surface area contributed by atoms with Gasteiger partial charge in [0, 0.05) is 31.1 Å². The maximum atomic E-state index is 13.8. The molecule has 1 amide bonds. The van der Waals surface area contributed by atoms with E-state index in [1.807, 2.05) is 29.2 Å². The van der Waals surface area contributed by atoms with Crippen molar-refractivity contribution in [2.45, 2.75) is 36.8 Å². The number of benzene rings is 1. The molecule has 1 aromatic rings. The second kappa shape index (κ2) is 5.45. The van der Waals surface area contributed by atoms with Crippen molar-refractivity contribution in [3.8, 4) is 6.19 Å². The third kappa shape index (κ3) is 1.81. The molecule has 1 spiro atoms. The highest BCUT2D eigenvalue weighted by Gasteiger charge is 2.67. The number of para-hydroxylation sites is 1. The van der Waals surface area contributed by atoms with Gasteiger partial charge in [-0.1, -0.05) is 24.3 Å². The van der Waals surface area contributed by atoms with Gasteiger partial charge in [-0.05, 0) is 29.5 Å². The van der Waals surface area contributed by atoms with Gasteiger partial charge in [-0.15, -0.1) is 0 Å². The van der Waals surface area contributed by atoms with E-state index in [1.54, 1.807) is 4.90 Å². The summed E-state index contributed by atoms with van der Waals surface area (Å²) in [6.07, 6.45) is 5.60. The first kappa shape index (κ1) is 16.3. The van der Waals surface area contributed by atoms with Gasteiger partial charge in [0.15, 0.2) is 6.19 Å². The van der Waals surface area contributed by atoms with Crippen LogP contribution in [0.5, 0.6) is 0 Å². The Morgan fingerprint density at radius 2 is 2.07 bits per heavy atom. The van der Waals surface area contributed by atoms with Gasteiger partial charge < -0.3 is 14.5 Å². The summed E-state index contributed by atoms with van der Waals surface area (Å²) in [4.78, 5) is 30.6. The summed E-state index contributed by atoms with van der Waals surface area (Å²) in [5.41, 5.74) is 2.24. The zero-order valence-corrected chi connectivity index (χ0v) is 15.5. The zero-order valence-electron chi connectivity index (χ0n) is 15.5. The minimum atomic E-state index is -0.732. The second-order valence-corrected chi connectivity index (χ2v) is 8.63. The van der Waals surface area contributed by atoms with Gasteiger partial charge in [0.25, 0.3) is 0 Å². The summed E-state index contributed by atoms with van der Waals surface area (Å²) in [5.74, 6) is 0.399. The van der Waals surface area contributed by atoms with Crippen molar-refractivity contribution in [3.05, 3.63) is 41.5 Å². The average molecular weight is 375 g/mol. The van der Waals surface area contributed by atoms with Gasteiger partial charge in [0.2, 0.25) is 5.91 Å². The Bertz CT molecular complexity index is 979. The molecule has 1 aliphatic carbocycles. The fraction of sp³-hybridized carbons (Fsp3) is 0.500. The van der Waals surface area contributed by atoms with Crippen LogP contribution in [0.2, 0.25) is 0 Å². The van der Waals surface area contributed by atoms with Crippen LogP contribution in [0, 0.1) is 23.3 Å². The summed E-state index contributed by atoms with van der Waals surface area (Å²) in [6.45, 7) is 1.53. The van der Waals surface area contributed by atoms with E-state index < -0.39 is 5.41 Å². The van der Waals surface area contributed by atoms with Crippen molar-refractivity contribution >= 4 is 17.4 Å². The van der Waals surface area contributed by atoms with Crippen LogP contribution in [0.1, 0.15) is 24.8 Å². The number of Topliss-reactive ketones (excluding diaryl/α,β-unsaturated/α-hetero) is 1. The minimum Gasteiger partial charge on any atom is -0.373 e. The van der Waals surface area contributed by atoms with Crippen molar-refractivity contribution in [3.63, 3.8) is 0 Å². The third-order valence-electron chi connectivity index (χ3n) is 7.66. The predicted molar refractivity (Wildman–Crippen MR) is 100 cm³/mol. The molecule has 7 rings (SSSR count). The third-order valence-corrected chi connectivity index (χ3v) is 7.66. The van der Waals surface area contributed by atoms with E-state index in [0.29, 0.717) is 39.0 Å². The summed E-state index contributed by atoms with van der Waals surface area (Å²) in [6, 6.07) is 7.67. The minimum absolute atomic E-state index is 0.0389. The van der Waals surface area contributed by atoms with Crippen LogP contribution in [0.15, 0.2) is 35.9 Å². The highest BCUT2D eigenvalue weighted by atomic mass is 16.5. The molecule has 5 heterocycles. The fourth-order valence-corrected chi connectivity index (χ4v) is 6.58. The number of ether oxygens (including phenoxy) is 1. The molecule has 5 aliphatic heterocycles. The summed E-state index contributed by atoms with van der Waals surface area (Å²) in [5, 5.41) is 9.69. The van der Waals surface area contributed by atoms with E-state index in [4.69, 9.17) is 4.74 Å². The lowest BCUT2D eigenvalue weighted by Gasteiger charge is -2.53. The van der Waals surface area contributed by atoms with Crippen molar-refractivity contribution < 1.29 is 14.3 Å². The molecule has 0 aromatic heterocycles. The normalized spacial score (nSPS) is 38.0. The number of nitrogens with zero attached hydrogens (tertiary/aromatic N) is 3. The molecule has 3 saturated heterocycles. The molecular formula is C22H21N3O3. The molecule has 4 bridgehead atoms. The van der Waals surface area contributed by atoms with Crippen molar-refractivity contribution in [1.82, 2.24) is 4.90 Å². The molecule has 6 heteroatoms. The molecule has 6 nitrogen and oxygen atoms in total. The van der Waals surface area contributed by atoms with Gasteiger partial charge in [0.1, 0.15) is 5.78 Å². The quantitative estimate of drug-likeness (QED) is 0.510. The molecule has 142 valence electrons. The highest BCUT2D eigenvalue weighted by Crippen LogP contribution is 2.60. The Balaban J connectivity index is 1.65. The smallest absolute Gasteiger partial charge is 0.229 e. The molecule has 28 heavy (non-hydrogen) atoms. The van der Waals surface area contributed by atoms with Gasteiger partial charge in [-0.25, -0.2) is 0 Å². The highest BCUT2D eigenvalue weighted by molar-refractivity contribution is 6.06. The van der Waals surface area contributed by atoms with Crippen LogP contribution in [0.4, 0.5) is 5.69 Å². The summed E-state index contributed by atoms with van der Waals surface area (Å²) in [7, 11) is 0. The number of carbonyl (C=O) groups is 2. The number of fused-ring (bicyclic) bond motifs is 6. The molecule has 1 saturated carbocycles. The number of piperidine rings is 1. The number of rotatable bonds is 0. The van der Waals surface area contributed by atoms with Gasteiger partial charge in [0.05, 0.1) is 30.6 Å². The molecule has 4 fully saturated rings. The average Bonchev–Trinajstić information content (AvgIpc) is 2.95. The lowest BCUT2D eigenvalue weighted by molar-refractivity contribution is -0.140. The van der Waals surface area contributed by atoms with Gasteiger partial charge in [-0.3, -0.25) is 9.59 Å². The van der Waals surface area contributed by atoms with Crippen molar-refractivity contribution in [2.75, 3.05) is 24.6 Å². The second-order valence-electron chi connectivity index (χ2n) is 8.63. The number of hydrogen-bond donors (Lipinski definition) is 0. The number of ketones is 1. The first-order chi connectivity index (χ1) is 13.6. The van der Waals surface area contributed by atoms with E-state index in [2.05, 4.69) is 12.3 Å². The zero-order chi connectivity index (χ0) is 19.0. The van der Waals surface area contributed by atoms with Crippen LogP contribution in [0.25, 0.3) is 0 Å². The van der Waals surface area contributed by atoms with Gasteiger partial charge >= 0.3 is 0 Å². The van der Waals surface area contributed by atoms with E-state index in [1.165, 1.54) is 0 Å². The summed E-state index contributed by atoms with van der Waals surface area (Å²) < 4.78 is 6.15. The largest absolute Gasteiger partial charge is 0.373 e. The van der Waals surface area contributed by atoms with Crippen molar-refractivity contribution in [1.29, 1.82) is 5.26 Å². The number of amides is 1. The topological polar surface area (TPSA) is 73.6 Å². The SMILES string of the molecule is N#CN1CC[C@]23C(=O)C[C@H]4C(=CCO[C@H]5CC(=O)N(c6ccccc62)[C@H]3[C@H]54)C1. The molecule has 0 unspecified atom stereocenters. The lowest BCUT2D eigenvalue weighted by atomic mass is 9.55. The van der Waals surface area contributed by atoms with E-state index in [9.17, 15) is 14.9 Å². The Kier molecular flexibility index (Phi) is 3.18. The summed E-state index contributed by atoms with van der Waals surface area (Å²) >= 11 is 0. The van der Waals surface area contributed by atoms with Crippen LogP contribution >= 0.6 is 0 Å². The van der Waals surface area contributed by atoms with Crippen LogP contribution < -0.4 is 4.90 Å². The Morgan fingerprint density at radius 1 is 1.21 bits per heavy atom. The maximum absolute atomic E-state index is 13.8. The van der Waals surface area contributed by atoms with Crippen LogP contribution in [-0.4, -0.2) is 48.4 Å². The molecule has 1 aromatic carbocycles. The number of carbonyl (C=O) groups excluding carboxylic acids is 2. The molecule has 6 aliphatic rings. The van der Waals surface area contributed by atoms with E-state index >= 15 is 0 Å². The van der Waals surface area contributed by atoms with Crippen LogP contribution in [-0.2, 0) is 19.7 Å². The number of nitriles is 1. The van der Waals surface area contributed by atoms with Crippen molar-refractivity contribution in [2.24, 2.45) is 11.8 Å². The first-order valence-electron chi connectivity index (χ1n) is 10.1. The standard InChI is InChI=1S/C22H21N3O3/c23-12-24-7-6-22-15-3-1-2-4-16(15)25-19(27)10-17-20(21(22)25)14(9-18(22)26)13(11-24)5-8-28-17/h1-5,14,17,20-21H,6-11H2/t14-,17-,20-,21-,22+/m0/s1. The number of hydrogen-bond acceptors (Lipinski definition) is 5.